The lowest BCUT2D eigenvalue weighted by Gasteiger charge is -2.27. The van der Waals surface area contributed by atoms with Crippen LogP contribution in [0.1, 0.15) is 22.3 Å². The van der Waals surface area contributed by atoms with Gasteiger partial charge in [-0.3, -0.25) is 0 Å². The molecule has 0 amide bonds. The van der Waals surface area contributed by atoms with Gasteiger partial charge in [-0.05, 0) is 5.56 Å². The van der Waals surface area contributed by atoms with Crippen molar-refractivity contribution < 1.29 is 19.4 Å². The fraction of sp³-hybridized carbons (Fsp3) is 0.455. The number of aromatic amines is 1. The number of H-pyrrole nitrogens is 1. The van der Waals surface area contributed by atoms with E-state index in [9.17, 15) is 5.26 Å². The third-order valence-electron chi connectivity index (χ3n) is 5.25. The van der Waals surface area contributed by atoms with Gasteiger partial charge in [-0.25, -0.2) is 4.98 Å². The summed E-state index contributed by atoms with van der Waals surface area (Å²) in [6.07, 6.45) is 0.882. The van der Waals surface area contributed by atoms with Gasteiger partial charge < -0.3 is 25.0 Å². The fourth-order valence-electron chi connectivity index (χ4n) is 3.83. The van der Waals surface area contributed by atoms with Crippen LogP contribution in [0, 0.1) is 11.3 Å². The first kappa shape index (κ1) is 21.1. The largest absolute Gasteiger partial charge is 0.381 e. The Morgan fingerprint density at radius 2 is 1.72 bits per heavy atom. The molecule has 0 radical (unpaired) electrons. The summed E-state index contributed by atoms with van der Waals surface area (Å²) in [7, 11) is 3.37. The molecule has 1 unspecified atom stereocenters. The number of nitrogens with zero attached hydrogens (tertiary/aromatic N) is 1. The highest BCUT2D eigenvalue weighted by Gasteiger charge is 2.30. The molecule has 0 fully saturated rings. The lowest BCUT2D eigenvalue weighted by Crippen LogP contribution is -3.10. The van der Waals surface area contributed by atoms with Gasteiger partial charge in [0.15, 0.2) is 0 Å². The maximum atomic E-state index is 9.85. The Balaban J connectivity index is 1.87. The number of pyridine rings is 1. The van der Waals surface area contributed by atoms with E-state index in [0.717, 1.165) is 43.3 Å². The molecule has 7 nitrogen and oxygen atoms in total. The molecule has 0 saturated heterocycles. The topological polar surface area (TPSA) is 84.9 Å². The molecule has 4 N–H and O–H groups in total. The zero-order valence-electron chi connectivity index (χ0n) is 17.3. The highest BCUT2D eigenvalue weighted by Crippen LogP contribution is 2.25. The molecule has 0 bridgehead atoms. The summed E-state index contributed by atoms with van der Waals surface area (Å²) in [6.45, 7) is 5.42. The first-order valence-corrected chi connectivity index (χ1v) is 10.1. The van der Waals surface area contributed by atoms with Gasteiger partial charge in [-0.1, -0.05) is 30.3 Å². The predicted molar refractivity (Wildman–Crippen MR) is 112 cm³/mol. The van der Waals surface area contributed by atoms with Gasteiger partial charge in [-0.2, -0.15) is 5.26 Å². The minimum absolute atomic E-state index is 0.581. The Hall–Kier alpha value is -2.66. The molecule has 1 aromatic heterocycles. The van der Waals surface area contributed by atoms with Crippen molar-refractivity contribution in [2.45, 2.75) is 19.5 Å². The van der Waals surface area contributed by atoms with E-state index < -0.39 is 0 Å². The van der Waals surface area contributed by atoms with Crippen molar-refractivity contribution in [3.8, 4) is 6.07 Å². The zero-order chi connectivity index (χ0) is 20.5. The fourth-order valence-corrected chi connectivity index (χ4v) is 3.83. The number of anilines is 2. The Bertz CT molecular complexity index is 835. The molecule has 154 valence electrons. The van der Waals surface area contributed by atoms with E-state index in [4.69, 9.17) is 9.47 Å². The number of nitrogens with one attached hydrogen (secondary N) is 4. The molecule has 0 spiro atoms. The smallest absolute Gasteiger partial charge is 0.237 e. The number of rotatable bonds is 10. The van der Waals surface area contributed by atoms with Crippen LogP contribution in [0.2, 0.25) is 0 Å². The van der Waals surface area contributed by atoms with Gasteiger partial charge in [-0.15, -0.1) is 0 Å². The number of aromatic nitrogens is 1. The SMILES string of the molecule is COCCNc1[nH+]c(NCCOC)c2c(c1C#N)CC[NH+](Cc1ccccc1)C2. The number of ether oxygens (including phenoxy) is 2. The molecule has 1 aliphatic rings. The van der Waals surface area contributed by atoms with Crippen molar-refractivity contribution in [2.75, 3.05) is 57.7 Å². The second-order valence-electron chi connectivity index (χ2n) is 7.25. The predicted octanol–water partition coefficient (Wildman–Crippen LogP) is 0.630. The van der Waals surface area contributed by atoms with Crippen LogP contribution in [0.15, 0.2) is 30.3 Å². The summed E-state index contributed by atoms with van der Waals surface area (Å²) in [6, 6.07) is 13.0. The monoisotopic (exact) mass is 397 g/mol. The highest BCUT2D eigenvalue weighted by atomic mass is 16.5. The number of benzene rings is 1. The first-order chi connectivity index (χ1) is 14.3. The maximum absolute atomic E-state index is 9.85. The third-order valence-corrected chi connectivity index (χ3v) is 5.25. The van der Waals surface area contributed by atoms with Crippen LogP contribution in [0.25, 0.3) is 0 Å². The Morgan fingerprint density at radius 1 is 1.03 bits per heavy atom. The van der Waals surface area contributed by atoms with E-state index in [0.29, 0.717) is 31.9 Å². The number of hydrogen-bond donors (Lipinski definition) is 3. The Morgan fingerprint density at radius 3 is 2.38 bits per heavy atom. The van der Waals surface area contributed by atoms with Gasteiger partial charge in [0.05, 0.1) is 38.4 Å². The second-order valence-corrected chi connectivity index (χ2v) is 7.25. The zero-order valence-corrected chi connectivity index (χ0v) is 17.3. The molecule has 2 heterocycles. The van der Waals surface area contributed by atoms with Crippen molar-refractivity contribution >= 4 is 11.6 Å². The normalized spacial score (nSPS) is 15.4. The molecule has 3 rings (SSSR count). The van der Waals surface area contributed by atoms with Gasteiger partial charge >= 0.3 is 0 Å². The lowest BCUT2D eigenvalue weighted by molar-refractivity contribution is -0.929. The van der Waals surface area contributed by atoms with E-state index in [-0.39, 0.29) is 0 Å². The van der Waals surface area contributed by atoms with Gasteiger partial charge in [0.2, 0.25) is 11.6 Å². The van der Waals surface area contributed by atoms with Crippen molar-refractivity contribution in [1.29, 1.82) is 5.26 Å². The number of fused-ring (bicyclic) bond motifs is 1. The van der Waals surface area contributed by atoms with Crippen molar-refractivity contribution in [1.82, 2.24) is 0 Å². The minimum Gasteiger partial charge on any atom is -0.381 e. The molecule has 2 aromatic rings. The van der Waals surface area contributed by atoms with E-state index in [2.05, 4.69) is 52.0 Å². The standard InChI is InChI=1S/C22H29N5O2/c1-28-12-9-24-21-19(14-23)18-8-11-27(15-17-6-4-3-5-7-17)16-20(18)22(26-21)25-10-13-29-2/h3-7H,8-13,15-16H2,1-2H3,(H2,24,25,26)/p+2. The summed E-state index contributed by atoms with van der Waals surface area (Å²) in [5.41, 5.74) is 4.39. The van der Waals surface area contributed by atoms with Crippen LogP contribution in [0.4, 0.5) is 11.6 Å². The molecule has 1 aromatic carbocycles. The lowest BCUT2D eigenvalue weighted by atomic mass is 9.95. The van der Waals surface area contributed by atoms with Gasteiger partial charge in [0.1, 0.15) is 24.7 Å². The van der Waals surface area contributed by atoms with Crippen molar-refractivity contribution in [2.24, 2.45) is 0 Å². The molecule has 0 aliphatic carbocycles. The quantitative estimate of drug-likeness (QED) is 0.512. The molecule has 7 heteroatoms. The molecule has 1 aliphatic heterocycles. The maximum Gasteiger partial charge on any atom is 0.237 e. The van der Waals surface area contributed by atoms with Crippen LogP contribution in [-0.2, 0) is 29.0 Å². The second kappa shape index (κ2) is 10.8. The van der Waals surface area contributed by atoms with Crippen LogP contribution in [-0.4, -0.2) is 47.1 Å². The number of hydrogen-bond acceptors (Lipinski definition) is 5. The summed E-state index contributed by atoms with van der Waals surface area (Å²) in [4.78, 5) is 4.92. The van der Waals surface area contributed by atoms with Crippen LogP contribution >= 0.6 is 0 Å². The summed E-state index contributed by atoms with van der Waals surface area (Å²) in [5.74, 6) is 1.73. The van der Waals surface area contributed by atoms with Crippen LogP contribution < -0.4 is 20.5 Å². The van der Waals surface area contributed by atoms with Crippen LogP contribution in [0.5, 0.6) is 0 Å². The molecule has 0 saturated carbocycles. The van der Waals surface area contributed by atoms with Crippen molar-refractivity contribution in [3.05, 3.63) is 52.6 Å². The average molecular weight is 398 g/mol. The number of methoxy groups -OCH3 is 2. The third kappa shape index (κ3) is 5.45. The Kier molecular flexibility index (Phi) is 7.82. The summed E-state index contributed by atoms with van der Waals surface area (Å²) < 4.78 is 10.3. The number of nitriles is 1. The molecular formula is C22H31N5O2+2. The van der Waals surface area contributed by atoms with E-state index in [1.807, 2.05) is 0 Å². The summed E-state index contributed by atoms with van der Waals surface area (Å²) >= 11 is 0. The van der Waals surface area contributed by atoms with Gasteiger partial charge in [0, 0.05) is 26.2 Å². The molecule has 1 atom stereocenters. The number of quaternary nitrogens is 1. The first-order valence-electron chi connectivity index (χ1n) is 10.1. The van der Waals surface area contributed by atoms with E-state index >= 15 is 0 Å². The van der Waals surface area contributed by atoms with Crippen LogP contribution in [0.3, 0.4) is 0 Å². The van der Waals surface area contributed by atoms with Crippen molar-refractivity contribution in [3.63, 3.8) is 0 Å². The Labute approximate surface area is 172 Å². The van der Waals surface area contributed by atoms with E-state index in [1.165, 1.54) is 16.0 Å². The molecular weight excluding hydrogens is 366 g/mol. The summed E-state index contributed by atoms with van der Waals surface area (Å²) in [5, 5.41) is 16.6. The van der Waals surface area contributed by atoms with Gasteiger partial charge in [0.25, 0.3) is 0 Å². The molecule has 29 heavy (non-hydrogen) atoms. The average Bonchev–Trinajstić information content (AvgIpc) is 2.75. The highest BCUT2D eigenvalue weighted by molar-refractivity contribution is 5.60. The van der Waals surface area contributed by atoms with E-state index in [1.54, 1.807) is 14.2 Å². The minimum atomic E-state index is 0.581.